The molecule has 1 heterocycles. The van der Waals surface area contributed by atoms with Gasteiger partial charge in [0.05, 0.1) is 0 Å². The summed E-state index contributed by atoms with van der Waals surface area (Å²) in [7, 11) is -1.72. The van der Waals surface area contributed by atoms with E-state index in [-0.39, 0.29) is 22.8 Å². The maximum absolute atomic E-state index is 12.4. The smallest absolute Gasteiger partial charge is 0.192 e. The molecule has 1 aliphatic carbocycles. The summed E-state index contributed by atoms with van der Waals surface area (Å²) >= 11 is 3.31. The Hall–Kier alpha value is -0.523. The molecule has 0 N–H and O–H groups in total. The van der Waals surface area contributed by atoms with Crippen molar-refractivity contribution in [3.63, 3.8) is 0 Å². The molecule has 0 radical (unpaired) electrons. The first-order valence-electron chi connectivity index (χ1n) is 7.45. The summed E-state index contributed by atoms with van der Waals surface area (Å²) in [6.07, 6.45) is 1.91. The monoisotopic (exact) mass is 369 g/mol. The van der Waals surface area contributed by atoms with E-state index in [4.69, 9.17) is 4.43 Å². The van der Waals surface area contributed by atoms with Gasteiger partial charge < -0.3 is 4.43 Å². The summed E-state index contributed by atoms with van der Waals surface area (Å²) in [6.45, 7) is 11.2. The predicted molar refractivity (Wildman–Crippen MR) is 91.1 cm³/mol. The highest BCUT2D eigenvalue weighted by molar-refractivity contribution is 9.10. The van der Waals surface area contributed by atoms with E-state index >= 15 is 0 Å². The minimum absolute atomic E-state index is 0.0709. The largest absolute Gasteiger partial charge is 0.414 e. The van der Waals surface area contributed by atoms with Gasteiger partial charge in [0, 0.05) is 12.0 Å². The Bertz CT molecular complexity index is 533. The van der Waals surface area contributed by atoms with Crippen LogP contribution in [0.3, 0.4) is 0 Å². The van der Waals surface area contributed by atoms with Crippen molar-refractivity contribution in [3.05, 3.63) is 28.5 Å². The van der Waals surface area contributed by atoms with Crippen molar-refractivity contribution in [2.24, 2.45) is 5.92 Å². The van der Waals surface area contributed by atoms with Crippen LogP contribution in [0.15, 0.2) is 22.8 Å². The Kier molecular flexibility index (Phi) is 4.76. The van der Waals surface area contributed by atoms with Crippen LogP contribution < -0.4 is 0 Å². The minimum atomic E-state index is -1.72. The molecule has 0 unspecified atom stereocenters. The van der Waals surface area contributed by atoms with E-state index in [2.05, 4.69) is 54.8 Å². The summed E-state index contributed by atoms with van der Waals surface area (Å²) in [4.78, 5) is 16.6. The van der Waals surface area contributed by atoms with Gasteiger partial charge in [-0.2, -0.15) is 0 Å². The van der Waals surface area contributed by atoms with Crippen LogP contribution in [0.4, 0.5) is 0 Å². The summed E-state index contributed by atoms with van der Waals surface area (Å²) in [5.41, 5.74) is 0.556. The molecular weight excluding hydrogens is 346 g/mol. The lowest BCUT2D eigenvalue weighted by Crippen LogP contribution is -2.48. The second-order valence-corrected chi connectivity index (χ2v) is 12.9. The zero-order chi connectivity index (χ0) is 15.8. The molecule has 1 fully saturated rings. The number of carbonyl (C=O) groups excluding carboxylic acids is 1. The molecule has 1 aromatic heterocycles. The van der Waals surface area contributed by atoms with E-state index < -0.39 is 8.32 Å². The van der Waals surface area contributed by atoms with E-state index in [9.17, 15) is 4.79 Å². The molecule has 0 saturated heterocycles. The van der Waals surface area contributed by atoms with Crippen molar-refractivity contribution in [2.75, 3.05) is 0 Å². The summed E-state index contributed by atoms with van der Waals surface area (Å²) in [6, 6.07) is 5.47. The lowest BCUT2D eigenvalue weighted by atomic mass is 9.78. The van der Waals surface area contributed by atoms with Gasteiger partial charge in [0.25, 0.3) is 0 Å². The molecule has 116 valence electrons. The molecule has 3 nitrogen and oxygen atoms in total. The van der Waals surface area contributed by atoms with Crippen LogP contribution >= 0.6 is 15.9 Å². The summed E-state index contributed by atoms with van der Waals surface area (Å²) in [5.74, 6) is 0.216. The van der Waals surface area contributed by atoms with E-state index in [1.54, 1.807) is 6.07 Å². The third-order valence-corrected chi connectivity index (χ3v) is 9.68. The first-order valence-corrected chi connectivity index (χ1v) is 11.1. The van der Waals surface area contributed by atoms with Crippen LogP contribution in [0.1, 0.15) is 44.1 Å². The first-order chi connectivity index (χ1) is 9.60. The Balaban J connectivity index is 1.91. The minimum Gasteiger partial charge on any atom is -0.414 e. The van der Waals surface area contributed by atoms with E-state index in [1.807, 2.05) is 12.1 Å². The fourth-order valence-corrected chi connectivity index (χ4v) is 3.95. The summed E-state index contributed by atoms with van der Waals surface area (Å²) in [5, 5.41) is 0.216. The Morgan fingerprint density at radius 3 is 2.48 bits per heavy atom. The molecule has 21 heavy (non-hydrogen) atoms. The van der Waals surface area contributed by atoms with E-state index in [0.29, 0.717) is 10.3 Å². The molecular formula is C16H24BrNO2Si. The number of carbonyl (C=O) groups is 1. The quantitative estimate of drug-likeness (QED) is 0.433. The van der Waals surface area contributed by atoms with Crippen molar-refractivity contribution >= 4 is 30.0 Å². The SMILES string of the molecule is CC(C)(C)[Si](C)(C)O[C@H]1C[C@H](C(=O)c2cccc(Br)n2)C1. The number of halogens is 1. The van der Waals surface area contributed by atoms with Gasteiger partial charge in [0.2, 0.25) is 0 Å². The molecule has 0 bridgehead atoms. The van der Waals surface area contributed by atoms with Crippen molar-refractivity contribution in [3.8, 4) is 0 Å². The number of nitrogens with zero attached hydrogens (tertiary/aromatic N) is 1. The van der Waals surface area contributed by atoms with Gasteiger partial charge in [-0.25, -0.2) is 4.98 Å². The number of pyridine rings is 1. The number of hydrogen-bond acceptors (Lipinski definition) is 3. The Labute approximate surface area is 136 Å². The van der Waals surface area contributed by atoms with Gasteiger partial charge in [-0.3, -0.25) is 4.79 Å². The van der Waals surface area contributed by atoms with Crippen LogP contribution in [0, 0.1) is 5.92 Å². The standard InChI is InChI=1S/C16H24BrNO2Si/c1-16(2,3)21(4,5)20-12-9-11(10-12)15(19)13-7-6-8-14(17)18-13/h6-8,11-12H,9-10H2,1-5H3/t11-,12-. The van der Waals surface area contributed by atoms with Crippen LogP contribution in [0.5, 0.6) is 0 Å². The predicted octanol–water partition coefficient (Wildman–Crippen LogP) is 4.83. The number of ketones is 1. The fourth-order valence-electron chi connectivity index (χ4n) is 2.22. The van der Waals surface area contributed by atoms with Crippen molar-refractivity contribution in [1.29, 1.82) is 0 Å². The lowest BCUT2D eigenvalue weighted by Gasteiger charge is -2.44. The van der Waals surface area contributed by atoms with Crippen molar-refractivity contribution < 1.29 is 9.22 Å². The number of aromatic nitrogens is 1. The molecule has 0 aliphatic heterocycles. The van der Waals surface area contributed by atoms with Crippen LogP contribution in [0.2, 0.25) is 18.1 Å². The van der Waals surface area contributed by atoms with Gasteiger partial charge >= 0.3 is 0 Å². The maximum atomic E-state index is 12.4. The van der Waals surface area contributed by atoms with Gasteiger partial charge in [-0.15, -0.1) is 0 Å². The zero-order valence-electron chi connectivity index (χ0n) is 13.4. The highest BCUT2D eigenvalue weighted by Gasteiger charge is 2.44. The number of Topliss-reactive ketones (excluding diaryl/α,β-unsaturated/α-hetero) is 1. The molecule has 1 aliphatic rings. The normalized spacial score (nSPS) is 22.8. The second kappa shape index (κ2) is 5.93. The number of rotatable bonds is 4. The number of hydrogen-bond donors (Lipinski definition) is 0. The molecule has 0 aromatic carbocycles. The molecule has 0 atom stereocenters. The zero-order valence-corrected chi connectivity index (χ0v) is 16.0. The summed E-state index contributed by atoms with van der Waals surface area (Å²) < 4.78 is 7.05. The molecule has 0 amide bonds. The maximum Gasteiger partial charge on any atom is 0.192 e. The Morgan fingerprint density at radius 1 is 1.33 bits per heavy atom. The van der Waals surface area contributed by atoms with Gasteiger partial charge in [0.1, 0.15) is 10.3 Å². The molecule has 1 saturated carbocycles. The van der Waals surface area contributed by atoms with E-state index in [0.717, 1.165) is 12.8 Å². The average molecular weight is 370 g/mol. The first kappa shape index (κ1) is 16.8. The third kappa shape index (κ3) is 3.82. The molecule has 0 spiro atoms. The van der Waals surface area contributed by atoms with Crippen LogP contribution in [0.25, 0.3) is 0 Å². The average Bonchev–Trinajstić information content (AvgIpc) is 2.31. The van der Waals surface area contributed by atoms with Gasteiger partial charge in [0.15, 0.2) is 14.1 Å². The third-order valence-electron chi connectivity index (χ3n) is 4.70. The molecule has 5 heteroatoms. The highest BCUT2D eigenvalue weighted by Crippen LogP contribution is 2.42. The van der Waals surface area contributed by atoms with E-state index in [1.165, 1.54) is 0 Å². The highest BCUT2D eigenvalue weighted by atomic mass is 79.9. The molecule has 1 aromatic rings. The fraction of sp³-hybridized carbons (Fsp3) is 0.625. The van der Waals surface area contributed by atoms with Crippen molar-refractivity contribution in [2.45, 2.75) is 57.8 Å². The van der Waals surface area contributed by atoms with Crippen molar-refractivity contribution in [1.82, 2.24) is 4.98 Å². The second-order valence-electron chi connectivity index (χ2n) is 7.38. The van der Waals surface area contributed by atoms with Crippen LogP contribution in [-0.2, 0) is 4.43 Å². The van der Waals surface area contributed by atoms with Gasteiger partial charge in [-0.1, -0.05) is 26.8 Å². The van der Waals surface area contributed by atoms with Gasteiger partial charge in [-0.05, 0) is 59.0 Å². The lowest BCUT2D eigenvalue weighted by molar-refractivity contribution is 0.0425. The Morgan fingerprint density at radius 2 is 1.95 bits per heavy atom. The van der Waals surface area contributed by atoms with Crippen LogP contribution in [-0.4, -0.2) is 25.2 Å². The molecule has 2 rings (SSSR count). The topological polar surface area (TPSA) is 39.2 Å².